The van der Waals surface area contributed by atoms with Crippen LogP contribution in [0.2, 0.25) is 0 Å². The summed E-state index contributed by atoms with van der Waals surface area (Å²) in [7, 11) is 0. The van der Waals surface area contributed by atoms with E-state index >= 15 is 0 Å². The Morgan fingerprint density at radius 1 is 1.31 bits per heavy atom. The van der Waals surface area contributed by atoms with Crippen molar-refractivity contribution < 1.29 is 9.90 Å². The zero-order valence-corrected chi connectivity index (χ0v) is 16.0. The molecule has 0 amide bonds. The second-order valence-corrected chi connectivity index (χ2v) is 7.18. The summed E-state index contributed by atoms with van der Waals surface area (Å²) in [6.45, 7) is 4.40. The normalized spacial score (nSPS) is 16.2. The van der Waals surface area contributed by atoms with Crippen LogP contribution in [0.1, 0.15) is 44.7 Å². The number of pyridine rings is 1. The predicted octanol–water partition coefficient (Wildman–Crippen LogP) is 2.31. The molecule has 1 aliphatic heterocycles. The van der Waals surface area contributed by atoms with E-state index < -0.39 is 5.97 Å². The van der Waals surface area contributed by atoms with Crippen LogP contribution >= 0.6 is 0 Å². The molecule has 1 aliphatic rings. The molecule has 5 heterocycles. The summed E-state index contributed by atoms with van der Waals surface area (Å²) in [5.41, 5.74) is 5.50. The Labute approximate surface area is 166 Å². The monoisotopic (exact) mass is 389 g/mol. The molecule has 4 aromatic heterocycles. The van der Waals surface area contributed by atoms with Gasteiger partial charge in [-0.1, -0.05) is 6.07 Å². The van der Waals surface area contributed by atoms with Crippen LogP contribution in [0.15, 0.2) is 36.9 Å². The molecular weight excluding hydrogens is 370 g/mol. The molecule has 146 valence electrons. The molecule has 0 bridgehead atoms. The van der Waals surface area contributed by atoms with Gasteiger partial charge in [-0.05, 0) is 31.5 Å². The van der Waals surface area contributed by atoms with E-state index in [1.165, 1.54) is 6.20 Å². The highest BCUT2D eigenvalue weighted by molar-refractivity contribution is 5.88. The Morgan fingerprint density at radius 2 is 2.17 bits per heavy atom. The minimum atomic E-state index is -1.03. The van der Waals surface area contributed by atoms with E-state index in [1.54, 1.807) is 13.3 Å². The van der Waals surface area contributed by atoms with Crippen LogP contribution in [0.3, 0.4) is 0 Å². The molecule has 0 aromatic carbocycles. The van der Waals surface area contributed by atoms with Crippen molar-refractivity contribution in [2.75, 3.05) is 11.4 Å². The van der Waals surface area contributed by atoms with Crippen LogP contribution in [0.4, 0.5) is 5.95 Å². The van der Waals surface area contributed by atoms with Gasteiger partial charge in [0.2, 0.25) is 5.95 Å². The molecule has 0 saturated carbocycles. The second-order valence-electron chi connectivity index (χ2n) is 7.18. The number of carbonyl (C=O) groups is 1. The highest BCUT2D eigenvalue weighted by atomic mass is 16.4. The van der Waals surface area contributed by atoms with Crippen LogP contribution in [0, 0.1) is 13.8 Å². The first-order valence-electron chi connectivity index (χ1n) is 9.33. The molecule has 5 rings (SSSR count). The van der Waals surface area contributed by atoms with Crippen LogP contribution in [-0.4, -0.2) is 47.2 Å². The molecule has 0 radical (unpaired) electrons. The molecule has 1 unspecified atom stereocenters. The number of hydrogen-bond acceptors (Lipinski definition) is 6. The van der Waals surface area contributed by atoms with Crippen molar-refractivity contribution in [2.24, 2.45) is 0 Å². The number of fused-ring (bicyclic) bond motifs is 2. The summed E-state index contributed by atoms with van der Waals surface area (Å²) in [5, 5.41) is 14.1. The first kappa shape index (κ1) is 17.4. The minimum absolute atomic E-state index is 0.103. The molecule has 9 nitrogen and oxygen atoms in total. The Hall–Kier alpha value is -3.75. The number of nitrogens with zero attached hydrogens (tertiary/aromatic N) is 6. The van der Waals surface area contributed by atoms with E-state index in [2.05, 4.69) is 39.0 Å². The number of nitrogens with one attached hydrogen (secondary N) is 1. The number of hydrogen-bond donors (Lipinski definition) is 2. The number of rotatable bonds is 3. The number of aromatic amines is 1. The van der Waals surface area contributed by atoms with E-state index in [0.29, 0.717) is 18.2 Å². The predicted molar refractivity (Wildman–Crippen MR) is 105 cm³/mol. The number of carboxylic acid groups (broad SMARTS) is 1. The molecule has 2 N–H and O–H groups in total. The standard InChI is InChI=1S/C20H19N7O2/c1-11-4-3-6-27-16(11)8-15(25-27)18-17-14(22-10-23-17)5-7-26(18)20-21-9-13(19(28)29)12(2)24-20/h3-4,6,8-10,18H,5,7H2,1-2H3,(H,22,23)(H,28,29). The van der Waals surface area contributed by atoms with Crippen molar-refractivity contribution in [3.8, 4) is 0 Å². The Morgan fingerprint density at radius 3 is 2.93 bits per heavy atom. The molecule has 0 aliphatic carbocycles. The maximum absolute atomic E-state index is 11.3. The summed E-state index contributed by atoms with van der Waals surface area (Å²) in [6, 6.07) is 5.82. The lowest BCUT2D eigenvalue weighted by atomic mass is 10.00. The van der Waals surface area contributed by atoms with Gasteiger partial charge in [0, 0.05) is 31.1 Å². The van der Waals surface area contributed by atoms with Gasteiger partial charge in [0.25, 0.3) is 0 Å². The van der Waals surface area contributed by atoms with Gasteiger partial charge in [0.15, 0.2) is 0 Å². The topological polar surface area (TPSA) is 112 Å². The molecule has 4 aromatic rings. The molecule has 9 heteroatoms. The lowest BCUT2D eigenvalue weighted by molar-refractivity contribution is 0.0695. The SMILES string of the molecule is Cc1nc(N2CCc3[nH]cnc3C2c2cc3c(C)cccn3n2)ncc1C(=O)O. The van der Waals surface area contributed by atoms with E-state index in [1.807, 2.05) is 21.7 Å². The molecular formula is C20H19N7O2. The van der Waals surface area contributed by atoms with Crippen molar-refractivity contribution in [1.29, 1.82) is 0 Å². The van der Waals surface area contributed by atoms with E-state index in [0.717, 1.165) is 34.6 Å². The third-order valence-electron chi connectivity index (χ3n) is 5.39. The maximum atomic E-state index is 11.3. The number of aromatic carboxylic acids is 1. The lowest BCUT2D eigenvalue weighted by Crippen LogP contribution is -2.38. The number of anilines is 1. The third kappa shape index (κ3) is 2.74. The lowest BCUT2D eigenvalue weighted by Gasteiger charge is -2.34. The van der Waals surface area contributed by atoms with Crippen LogP contribution < -0.4 is 4.90 Å². The van der Waals surface area contributed by atoms with Crippen molar-refractivity contribution in [3.05, 3.63) is 70.8 Å². The highest BCUT2D eigenvalue weighted by Gasteiger charge is 2.35. The first-order valence-corrected chi connectivity index (χ1v) is 9.33. The molecule has 0 fully saturated rings. The number of imidazole rings is 1. The van der Waals surface area contributed by atoms with Gasteiger partial charge in [0.1, 0.15) is 6.04 Å². The van der Waals surface area contributed by atoms with E-state index in [9.17, 15) is 9.90 Å². The summed E-state index contributed by atoms with van der Waals surface area (Å²) in [4.78, 5) is 30.0. The van der Waals surface area contributed by atoms with Gasteiger partial charge >= 0.3 is 5.97 Å². The van der Waals surface area contributed by atoms with Gasteiger partial charge in [-0.3, -0.25) is 0 Å². The Balaban J connectivity index is 1.65. The van der Waals surface area contributed by atoms with E-state index in [-0.39, 0.29) is 11.6 Å². The molecule has 0 saturated heterocycles. The van der Waals surface area contributed by atoms with Gasteiger partial charge in [-0.15, -0.1) is 0 Å². The smallest absolute Gasteiger partial charge is 0.339 e. The molecule has 1 atom stereocenters. The average molecular weight is 389 g/mol. The van der Waals surface area contributed by atoms with Crippen LogP contribution in [0.5, 0.6) is 0 Å². The summed E-state index contributed by atoms with van der Waals surface area (Å²) in [5.74, 6) is -0.561. The quantitative estimate of drug-likeness (QED) is 0.553. The Kier molecular flexibility index (Phi) is 3.83. The van der Waals surface area contributed by atoms with Crippen LogP contribution in [-0.2, 0) is 6.42 Å². The summed E-state index contributed by atoms with van der Waals surface area (Å²) < 4.78 is 1.86. The largest absolute Gasteiger partial charge is 0.478 e. The summed E-state index contributed by atoms with van der Waals surface area (Å²) in [6.07, 6.45) is 5.75. The Bertz CT molecular complexity index is 1240. The van der Waals surface area contributed by atoms with Gasteiger partial charge in [0.05, 0.1) is 34.5 Å². The zero-order chi connectivity index (χ0) is 20.1. The fraction of sp³-hybridized carbons (Fsp3) is 0.250. The fourth-order valence-electron chi connectivity index (χ4n) is 3.90. The average Bonchev–Trinajstić information content (AvgIpc) is 3.34. The van der Waals surface area contributed by atoms with Crippen molar-refractivity contribution >= 4 is 17.4 Å². The first-order chi connectivity index (χ1) is 14.0. The second kappa shape index (κ2) is 6.40. The zero-order valence-electron chi connectivity index (χ0n) is 16.0. The number of aryl methyl sites for hydroxylation is 2. The number of aromatic nitrogens is 6. The molecule has 29 heavy (non-hydrogen) atoms. The summed E-state index contributed by atoms with van der Waals surface area (Å²) >= 11 is 0. The van der Waals surface area contributed by atoms with Crippen molar-refractivity contribution in [2.45, 2.75) is 26.3 Å². The number of H-pyrrole nitrogens is 1. The van der Waals surface area contributed by atoms with Crippen molar-refractivity contribution in [3.63, 3.8) is 0 Å². The van der Waals surface area contributed by atoms with Crippen LogP contribution in [0.25, 0.3) is 5.52 Å². The third-order valence-corrected chi connectivity index (χ3v) is 5.39. The van der Waals surface area contributed by atoms with Crippen molar-refractivity contribution in [1.82, 2.24) is 29.5 Å². The highest BCUT2D eigenvalue weighted by Crippen LogP contribution is 2.35. The maximum Gasteiger partial charge on any atom is 0.339 e. The van der Waals surface area contributed by atoms with Gasteiger partial charge in [-0.2, -0.15) is 5.10 Å². The molecule has 0 spiro atoms. The minimum Gasteiger partial charge on any atom is -0.478 e. The van der Waals surface area contributed by atoms with E-state index in [4.69, 9.17) is 5.10 Å². The number of carboxylic acids is 1. The fourth-order valence-corrected chi connectivity index (χ4v) is 3.90. The van der Waals surface area contributed by atoms with Gasteiger partial charge in [-0.25, -0.2) is 24.3 Å². The van der Waals surface area contributed by atoms with Gasteiger partial charge < -0.3 is 15.0 Å².